The molecule has 1 heterocycles. The number of fused-ring (bicyclic) bond motifs is 1. The predicted octanol–water partition coefficient (Wildman–Crippen LogP) is 2.46. The summed E-state index contributed by atoms with van der Waals surface area (Å²) in [7, 11) is -3.93. The molecule has 0 fully saturated rings. The van der Waals surface area contributed by atoms with Crippen LogP contribution in [0, 0.1) is 12.7 Å². The number of benzene rings is 2. The molecule has 3 N–H and O–H groups in total. The van der Waals surface area contributed by atoms with E-state index in [0.29, 0.717) is 10.7 Å². The first-order valence-electron chi connectivity index (χ1n) is 6.92. The van der Waals surface area contributed by atoms with E-state index in [2.05, 4.69) is 15.4 Å². The van der Waals surface area contributed by atoms with Crippen LogP contribution in [0.25, 0.3) is 0 Å². The van der Waals surface area contributed by atoms with Gasteiger partial charge in [-0.2, -0.15) is 4.72 Å². The van der Waals surface area contributed by atoms with Crippen LogP contribution in [-0.2, 0) is 14.8 Å². The lowest BCUT2D eigenvalue weighted by molar-refractivity contribution is -0.117. The molecule has 0 unspecified atom stereocenters. The van der Waals surface area contributed by atoms with E-state index in [1.54, 1.807) is 25.1 Å². The number of amides is 1. The van der Waals surface area contributed by atoms with Crippen molar-refractivity contribution >= 4 is 38.9 Å². The maximum Gasteiger partial charge on any atom is 0.262 e. The average molecular weight is 370 g/mol. The molecule has 0 aliphatic carbocycles. The summed E-state index contributed by atoms with van der Waals surface area (Å²) in [5, 5.41) is 5.70. The van der Waals surface area contributed by atoms with Crippen molar-refractivity contribution < 1.29 is 17.6 Å². The van der Waals surface area contributed by atoms with Gasteiger partial charge in [0.1, 0.15) is 10.7 Å². The molecule has 1 aliphatic rings. The zero-order chi connectivity index (χ0) is 17.5. The summed E-state index contributed by atoms with van der Waals surface area (Å²) in [6.45, 7) is 1.77. The summed E-state index contributed by atoms with van der Waals surface area (Å²) in [5.74, 6) is -1.25. The Kier molecular flexibility index (Phi) is 4.20. The van der Waals surface area contributed by atoms with Gasteiger partial charge in [0.15, 0.2) is 6.17 Å². The van der Waals surface area contributed by atoms with Crippen molar-refractivity contribution in [1.82, 2.24) is 4.72 Å². The van der Waals surface area contributed by atoms with Gasteiger partial charge in [-0.25, -0.2) is 12.8 Å². The van der Waals surface area contributed by atoms with Crippen LogP contribution in [0.2, 0.25) is 5.02 Å². The number of aryl methyl sites for hydroxylation is 1. The number of carbonyl (C=O) groups excluding carboxylic acids is 1. The van der Waals surface area contributed by atoms with Crippen molar-refractivity contribution in [1.29, 1.82) is 0 Å². The monoisotopic (exact) mass is 369 g/mol. The summed E-state index contributed by atoms with van der Waals surface area (Å²) in [6, 6.07) is 8.15. The van der Waals surface area contributed by atoms with Crippen LogP contribution in [0.4, 0.5) is 15.8 Å². The molecule has 9 heteroatoms. The molecular weight excluding hydrogens is 357 g/mol. The van der Waals surface area contributed by atoms with Gasteiger partial charge in [0.05, 0.1) is 5.69 Å². The number of nitrogens with one attached hydrogen (secondary N) is 3. The fraction of sp³-hybridized carbons (Fsp3) is 0.133. The van der Waals surface area contributed by atoms with Gasteiger partial charge in [-0.1, -0.05) is 17.7 Å². The highest BCUT2D eigenvalue weighted by molar-refractivity contribution is 7.89. The highest BCUT2D eigenvalue weighted by Gasteiger charge is 2.33. The molecule has 1 amide bonds. The Bertz CT molecular complexity index is 934. The van der Waals surface area contributed by atoms with E-state index in [1.807, 2.05) is 0 Å². The number of halogens is 2. The van der Waals surface area contributed by atoms with Gasteiger partial charge >= 0.3 is 0 Å². The van der Waals surface area contributed by atoms with Gasteiger partial charge in [-0.15, -0.1) is 0 Å². The van der Waals surface area contributed by atoms with E-state index < -0.39 is 27.9 Å². The van der Waals surface area contributed by atoms with Crippen molar-refractivity contribution in [2.45, 2.75) is 18.0 Å². The Labute approximate surface area is 143 Å². The zero-order valence-corrected chi connectivity index (χ0v) is 14.0. The van der Waals surface area contributed by atoms with Gasteiger partial charge in [0.2, 0.25) is 10.0 Å². The number of hydrogen-bond donors (Lipinski definition) is 3. The molecule has 3 rings (SSSR count). The van der Waals surface area contributed by atoms with Crippen LogP contribution >= 0.6 is 11.6 Å². The third kappa shape index (κ3) is 3.21. The fourth-order valence-electron chi connectivity index (χ4n) is 2.31. The van der Waals surface area contributed by atoms with E-state index in [-0.39, 0.29) is 10.6 Å². The van der Waals surface area contributed by atoms with Crippen LogP contribution in [0.15, 0.2) is 41.3 Å². The van der Waals surface area contributed by atoms with Crippen molar-refractivity contribution in [2.24, 2.45) is 0 Å². The number of sulfonamides is 1. The minimum absolute atomic E-state index is 0.0247. The van der Waals surface area contributed by atoms with Crippen molar-refractivity contribution in [2.75, 3.05) is 10.6 Å². The largest absolute Gasteiger partial charge is 0.360 e. The summed E-state index contributed by atoms with van der Waals surface area (Å²) >= 11 is 5.90. The second-order valence-corrected chi connectivity index (χ2v) is 7.41. The Morgan fingerprint density at radius 1 is 1.25 bits per heavy atom. The van der Waals surface area contributed by atoms with Crippen LogP contribution in [0.1, 0.15) is 5.56 Å². The highest BCUT2D eigenvalue weighted by Crippen LogP contribution is 2.27. The molecule has 24 heavy (non-hydrogen) atoms. The predicted molar refractivity (Wildman–Crippen MR) is 89.0 cm³/mol. The maximum absolute atomic E-state index is 13.3. The van der Waals surface area contributed by atoms with E-state index >= 15 is 0 Å². The smallest absolute Gasteiger partial charge is 0.262 e. The molecule has 0 radical (unpaired) electrons. The molecule has 0 bridgehead atoms. The van der Waals surface area contributed by atoms with Crippen molar-refractivity contribution in [3.05, 3.63) is 52.8 Å². The number of rotatable bonds is 2. The summed E-state index contributed by atoms with van der Waals surface area (Å²) in [6.07, 6.45) is -1.28. The minimum Gasteiger partial charge on any atom is -0.360 e. The van der Waals surface area contributed by atoms with Gasteiger partial charge in [0, 0.05) is 10.7 Å². The van der Waals surface area contributed by atoms with E-state index in [1.165, 1.54) is 0 Å². The topological polar surface area (TPSA) is 87.3 Å². The van der Waals surface area contributed by atoms with Crippen molar-refractivity contribution in [3.63, 3.8) is 0 Å². The molecule has 2 aromatic carbocycles. The molecule has 0 saturated heterocycles. The van der Waals surface area contributed by atoms with E-state index in [9.17, 15) is 17.6 Å². The van der Waals surface area contributed by atoms with Crippen LogP contribution < -0.4 is 15.4 Å². The van der Waals surface area contributed by atoms with Gasteiger partial charge in [-0.3, -0.25) is 4.79 Å². The molecule has 0 aromatic heterocycles. The van der Waals surface area contributed by atoms with Gasteiger partial charge in [-0.05, 0) is 42.8 Å². The van der Waals surface area contributed by atoms with E-state index in [4.69, 9.17) is 11.6 Å². The van der Waals surface area contributed by atoms with Crippen molar-refractivity contribution in [3.8, 4) is 0 Å². The Balaban J connectivity index is 1.88. The maximum atomic E-state index is 13.3. The summed E-state index contributed by atoms with van der Waals surface area (Å²) in [4.78, 5) is 12.3. The third-order valence-electron chi connectivity index (χ3n) is 3.52. The van der Waals surface area contributed by atoms with Gasteiger partial charge in [0.25, 0.3) is 5.91 Å². The number of carbonyl (C=O) groups is 1. The second kappa shape index (κ2) is 6.04. The molecule has 1 aliphatic heterocycles. The summed E-state index contributed by atoms with van der Waals surface area (Å²) in [5.41, 5.74) is 1.24. The lowest BCUT2D eigenvalue weighted by atomic mass is 10.2. The molecule has 1 atom stereocenters. The number of anilines is 2. The van der Waals surface area contributed by atoms with Gasteiger partial charge < -0.3 is 10.6 Å². The highest BCUT2D eigenvalue weighted by atomic mass is 35.5. The normalized spacial score (nSPS) is 18.4. The standard InChI is InChI=1S/C15H13ClFN3O3S/c1-8-2-3-9(16)6-11(8)19-15(21)14-18-12-7-10(17)4-5-13(12)24(22,23)20-14/h2-7,14,18,20H,1H3,(H,19,21)/t14-/m0/s1. The molecule has 2 aromatic rings. The first kappa shape index (κ1) is 16.7. The van der Waals surface area contributed by atoms with Crippen LogP contribution in [-0.4, -0.2) is 20.5 Å². The average Bonchev–Trinajstić information content (AvgIpc) is 2.49. The molecule has 0 saturated carbocycles. The van der Waals surface area contributed by atoms with E-state index in [0.717, 1.165) is 23.8 Å². The van der Waals surface area contributed by atoms with Crippen LogP contribution in [0.5, 0.6) is 0 Å². The first-order valence-corrected chi connectivity index (χ1v) is 8.78. The first-order chi connectivity index (χ1) is 11.3. The quantitative estimate of drug-likeness (QED) is 0.758. The lowest BCUT2D eigenvalue weighted by Gasteiger charge is -2.27. The Morgan fingerprint density at radius 3 is 2.75 bits per heavy atom. The lowest BCUT2D eigenvalue weighted by Crippen LogP contribution is -2.51. The third-order valence-corrected chi connectivity index (χ3v) is 5.24. The molecule has 126 valence electrons. The number of hydrogen-bond acceptors (Lipinski definition) is 4. The zero-order valence-electron chi connectivity index (χ0n) is 12.4. The molecule has 6 nitrogen and oxygen atoms in total. The Hall–Kier alpha value is -2.16. The Morgan fingerprint density at radius 2 is 2.00 bits per heavy atom. The SMILES string of the molecule is Cc1ccc(Cl)cc1NC(=O)[C@H]1Nc2cc(F)ccc2S(=O)(=O)N1. The second-order valence-electron chi connectivity index (χ2n) is 5.29. The molecular formula is C15H13ClFN3O3S. The van der Waals surface area contributed by atoms with Crippen LogP contribution in [0.3, 0.4) is 0 Å². The summed E-state index contributed by atoms with van der Waals surface area (Å²) < 4.78 is 40.0. The fourth-order valence-corrected chi connectivity index (χ4v) is 3.74. The molecule has 0 spiro atoms. The minimum atomic E-state index is -3.93.